The van der Waals surface area contributed by atoms with Crippen molar-refractivity contribution in [3.63, 3.8) is 0 Å². The third kappa shape index (κ3) is 2.06. The molecule has 17 heavy (non-hydrogen) atoms. The third-order valence-electron chi connectivity index (χ3n) is 2.57. The van der Waals surface area contributed by atoms with Crippen LogP contribution in [-0.2, 0) is 10.0 Å². The topological polar surface area (TPSA) is 108 Å². The summed E-state index contributed by atoms with van der Waals surface area (Å²) in [6.45, 7) is 0.383. The highest BCUT2D eigenvalue weighted by atomic mass is 32.2. The zero-order chi connectivity index (χ0) is 12.6. The van der Waals surface area contributed by atoms with Crippen molar-refractivity contribution >= 4 is 16.0 Å². The quantitative estimate of drug-likeness (QED) is 0.762. The molecule has 94 valence electrons. The Bertz CT molecular complexity index is 527. The lowest BCUT2D eigenvalue weighted by Crippen LogP contribution is -2.51. The monoisotopic (exact) mass is 261 g/mol. The SMILES string of the molecule is O=C(O)c1ccc(S(=O)(=O)N2CC(CO)C2)o1. The molecular formula is C9H11NO6S. The van der Waals surface area contributed by atoms with Gasteiger partial charge in [0.15, 0.2) is 0 Å². The first-order chi connectivity index (χ1) is 7.95. The van der Waals surface area contributed by atoms with Gasteiger partial charge in [-0.2, -0.15) is 4.31 Å². The molecule has 0 saturated carbocycles. The second kappa shape index (κ2) is 4.13. The molecule has 0 aromatic carbocycles. The molecule has 1 saturated heterocycles. The minimum absolute atomic E-state index is 0.0568. The standard InChI is InChI=1S/C9H11NO6S/c11-5-6-3-10(4-6)17(14,15)8-2-1-7(16-8)9(12)13/h1-2,6,11H,3-5H2,(H,12,13). The Kier molecular flexibility index (Phi) is 2.94. The van der Waals surface area contributed by atoms with Gasteiger partial charge in [0.2, 0.25) is 10.9 Å². The van der Waals surface area contributed by atoms with Crippen LogP contribution in [0.15, 0.2) is 21.6 Å². The third-order valence-corrected chi connectivity index (χ3v) is 4.27. The van der Waals surface area contributed by atoms with Crippen molar-refractivity contribution in [2.75, 3.05) is 19.7 Å². The van der Waals surface area contributed by atoms with E-state index in [-0.39, 0.29) is 30.7 Å². The molecule has 0 atom stereocenters. The van der Waals surface area contributed by atoms with Crippen LogP contribution in [0, 0.1) is 5.92 Å². The van der Waals surface area contributed by atoms with Gasteiger partial charge in [-0.1, -0.05) is 0 Å². The smallest absolute Gasteiger partial charge is 0.371 e. The molecule has 2 heterocycles. The highest BCUT2D eigenvalue weighted by Crippen LogP contribution is 2.25. The van der Waals surface area contributed by atoms with Gasteiger partial charge in [-0.05, 0) is 12.1 Å². The predicted molar refractivity (Wildman–Crippen MR) is 55.0 cm³/mol. The Morgan fingerprint density at radius 1 is 1.47 bits per heavy atom. The molecule has 0 spiro atoms. The molecule has 2 N–H and O–H groups in total. The number of carboxylic acid groups (broad SMARTS) is 1. The second-order valence-electron chi connectivity index (χ2n) is 3.79. The molecule has 1 aromatic heterocycles. The molecule has 2 rings (SSSR count). The molecule has 1 aromatic rings. The van der Waals surface area contributed by atoms with Gasteiger partial charge < -0.3 is 14.6 Å². The van der Waals surface area contributed by atoms with Crippen LogP contribution in [0.3, 0.4) is 0 Å². The van der Waals surface area contributed by atoms with Gasteiger partial charge in [0.05, 0.1) is 0 Å². The summed E-state index contributed by atoms with van der Waals surface area (Å²) in [6, 6.07) is 2.21. The average Bonchev–Trinajstić information content (AvgIpc) is 2.64. The van der Waals surface area contributed by atoms with Gasteiger partial charge in [-0.25, -0.2) is 13.2 Å². The van der Waals surface area contributed by atoms with Crippen molar-refractivity contribution in [3.05, 3.63) is 17.9 Å². The molecule has 7 nitrogen and oxygen atoms in total. The van der Waals surface area contributed by atoms with Gasteiger partial charge in [-0.15, -0.1) is 0 Å². The maximum atomic E-state index is 11.9. The highest BCUT2D eigenvalue weighted by molar-refractivity contribution is 7.89. The Balaban J connectivity index is 2.18. The largest absolute Gasteiger partial charge is 0.475 e. The number of nitrogens with zero attached hydrogens (tertiary/aromatic N) is 1. The maximum Gasteiger partial charge on any atom is 0.371 e. The molecular weight excluding hydrogens is 250 g/mol. The van der Waals surface area contributed by atoms with Crippen LogP contribution in [0.25, 0.3) is 0 Å². The van der Waals surface area contributed by atoms with Crippen molar-refractivity contribution in [1.82, 2.24) is 4.31 Å². The summed E-state index contributed by atoms with van der Waals surface area (Å²) in [6.07, 6.45) is 0. The summed E-state index contributed by atoms with van der Waals surface area (Å²) in [5.74, 6) is -1.79. The van der Waals surface area contributed by atoms with Crippen molar-refractivity contribution in [2.24, 2.45) is 5.92 Å². The number of hydrogen-bond donors (Lipinski definition) is 2. The van der Waals surface area contributed by atoms with E-state index in [0.29, 0.717) is 0 Å². The number of carbonyl (C=O) groups is 1. The zero-order valence-electron chi connectivity index (χ0n) is 8.74. The summed E-state index contributed by atoms with van der Waals surface area (Å²) >= 11 is 0. The van der Waals surface area contributed by atoms with Crippen LogP contribution in [0.4, 0.5) is 0 Å². The first kappa shape index (κ1) is 12.1. The van der Waals surface area contributed by atoms with E-state index in [2.05, 4.69) is 0 Å². The molecule has 0 bridgehead atoms. The van der Waals surface area contributed by atoms with Gasteiger partial charge in [0.25, 0.3) is 10.0 Å². The van der Waals surface area contributed by atoms with Gasteiger partial charge >= 0.3 is 5.97 Å². The van der Waals surface area contributed by atoms with Crippen molar-refractivity contribution in [2.45, 2.75) is 5.09 Å². The zero-order valence-corrected chi connectivity index (χ0v) is 9.55. The number of carboxylic acids is 1. The lowest BCUT2D eigenvalue weighted by Gasteiger charge is -2.36. The average molecular weight is 261 g/mol. The molecule has 8 heteroatoms. The van der Waals surface area contributed by atoms with Crippen LogP contribution in [0.2, 0.25) is 0 Å². The van der Waals surface area contributed by atoms with E-state index in [1.165, 1.54) is 0 Å². The van der Waals surface area contributed by atoms with Crippen LogP contribution < -0.4 is 0 Å². The fourth-order valence-electron chi connectivity index (χ4n) is 1.54. The van der Waals surface area contributed by atoms with Crippen LogP contribution >= 0.6 is 0 Å². The summed E-state index contributed by atoms with van der Waals surface area (Å²) < 4.78 is 29.6. The second-order valence-corrected chi connectivity index (χ2v) is 5.66. The molecule has 1 aliphatic heterocycles. The van der Waals surface area contributed by atoms with E-state index in [9.17, 15) is 13.2 Å². The summed E-state index contributed by atoms with van der Waals surface area (Å²) in [4.78, 5) is 10.6. The molecule has 0 unspecified atom stereocenters. The van der Waals surface area contributed by atoms with E-state index in [0.717, 1.165) is 16.4 Å². The maximum absolute atomic E-state index is 11.9. The molecule has 0 radical (unpaired) electrons. The summed E-state index contributed by atoms with van der Waals surface area (Å²) in [7, 11) is -3.77. The molecule has 1 aliphatic rings. The lowest BCUT2D eigenvalue weighted by atomic mass is 10.1. The Labute approximate surface area is 97.3 Å². The van der Waals surface area contributed by atoms with E-state index >= 15 is 0 Å². The molecule has 1 fully saturated rings. The number of aromatic carboxylic acids is 1. The number of hydrogen-bond acceptors (Lipinski definition) is 5. The fourth-order valence-corrected chi connectivity index (χ4v) is 3.04. The van der Waals surface area contributed by atoms with Gasteiger partial charge in [0, 0.05) is 25.6 Å². The summed E-state index contributed by atoms with van der Waals surface area (Å²) in [5, 5.41) is 17.0. The van der Waals surface area contributed by atoms with Crippen LogP contribution in [0.1, 0.15) is 10.6 Å². The lowest BCUT2D eigenvalue weighted by molar-refractivity contribution is 0.0655. The van der Waals surface area contributed by atoms with Gasteiger partial charge in [-0.3, -0.25) is 0 Å². The normalized spacial score (nSPS) is 17.9. The Hall–Kier alpha value is -1.38. The summed E-state index contributed by atoms with van der Waals surface area (Å²) in [5.41, 5.74) is 0. The number of sulfonamides is 1. The van der Waals surface area contributed by atoms with E-state index in [4.69, 9.17) is 14.6 Å². The predicted octanol–water partition coefficient (Wildman–Crippen LogP) is -0.409. The van der Waals surface area contributed by atoms with Crippen LogP contribution in [0.5, 0.6) is 0 Å². The van der Waals surface area contributed by atoms with Crippen molar-refractivity contribution in [3.8, 4) is 0 Å². The van der Waals surface area contributed by atoms with Crippen LogP contribution in [-0.4, -0.2) is 48.6 Å². The number of furan rings is 1. The van der Waals surface area contributed by atoms with Crippen molar-refractivity contribution < 1.29 is 27.8 Å². The first-order valence-electron chi connectivity index (χ1n) is 4.89. The minimum atomic E-state index is -3.77. The van der Waals surface area contributed by atoms with Crippen molar-refractivity contribution in [1.29, 1.82) is 0 Å². The van der Waals surface area contributed by atoms with E-state index in [1.807, 2.05) is 0 Å². The first-order valence-corrected chi connectivity index (χ1v) is 6.33. The minimum Gasteiger partial charge on any atom is -0.475 e. The molecule has 0 aliphatic carbocycles. The van der Waals surface area contributed by atoms with E-state index in [1.54, 1.807) is 0 Å². The molecule has 0 amide bonds. The number of rotatable bonds is 4. The van der Waals surface area contributed by atoms with E-state index < -0.39 is 21.8 Å². The Morgan fingerprint density at radius 3 is 2.59 bits per heavy atom. The fraction of sp³-hybridized carbons (Fsp3) is 0.444. The van der Waals surface area contributed by atoms with Gasteiger partial charge in [0.1, 0.15) is 0 Å². The number of aliphatic hydroxyl groups is 1. The highest BCUT2D eigenvalue weighted by Gasteiger charge is 2.38. The Morgan fingerprint density at radius 2 is 2.12 bits per heavy atom. The number of aliphatic hydroxyl groups excluding tert-OH is 1.